The largest absolute Gasteiger partial charge is 0.370 e. The number of nitrogens with two attached hydrogens (primary N) is 4. The van der Waals surface area contributed by atoms with Crippen LogP contribution in [0.4, 0.5) is 0 Å². The number of carbonyl (C=O) groups excluding carboxylic acids is 2. The van der Waals surface area contributed by atoms with Gasteiger partial charge in [-0.05, 0) is 58.4 Å². The summed E-state index contributed by atoms with van der Waals surface area (Å²) >= 11 is 0. The fourth-order valence-electron chi connectivity index (χ4n) is 5.04. The molecule has 0 aliphatic heterocycles. The summed E-state index contributed by atoms with van der Waals surface area (Å²) in [6.45, 7) is 0.413. The normalized spacial score (nSPS) is 12.2. The summed E-state index contributed by atoms with van der Waals surface area (Å²) in [7, 11) is 0. The first-order valence-corrected chi connectivity index (χ1v) is 13.1. The second kappa shape index (κ2) is 12.4. The van der Waals surface area contributed by atoms with Gasteiger partial charge in [-0.25, -0.2) is 0 Å². The summed E-state index contributed by atoms with van der Waals surface area (Å²) in [6.07, 6.45) is 1.58. The van der Waals surface area contributed by atoms with E-state index in [0.29, 0.717) is 32.2 Å². The molecule has 9 N–H and O–H groups in total. The predicted molar refractivity (Wildman–Crippen MR) is 158 cm³/mol. The quantitative estimate of drug-likeness (QED) is 0.109. The smallest absolute Gasteiger partial charge is 0.240 e. The highest BCUT2D eigenvalue weighted by molar-refractivity contribution is 5.91. The zero-order valence-electron chi connectivity index (χ0n) is 22.0. The Morgan fingerprint density at radius 1 is 0.769 bits per heavy atom. The molecule has 0 saturated heterocycles. The van der Waals surface area contributed by atoms with Gasteiger partial charge < -0.3 is 28.3 Å². The van der Waals surface area contributed by atoms with Gasteiger partial charge in [0.2, 0.25) is 11.8 Å². The number of carbonyl (C=O) groups is 2. The van der Waals surface area contributed by atoms with E-state index >= 15 is 0 Å². The summed E-state index contributed by atoms with van der Waals surface area (Å²) < 4.78 is 0. The average molecular weight is 525 g/mol. The molecule has 8 nitrogen and oxygen atoms in total. The molecule has 1 atom stereocenters. The van der Waals surface area contributed by atoms with Crippen molar-refractivity contribution in [3.05, 3.63) is 96.1 Å². The Balaban J connectivity index is 1.66. The fraction of sp³-hybridized carbons (Fsp3) is 0.258. The van der Waals surface area contributed by atoms with E-state index in [9.17, 15) is 9.59 Å². The topological polar surface area (TPSA) is 163 Å². The highest BCUT2D eigenvalue weighted by Gasteiger charge is 2.39. The first-order chi connectivity index (χ1) is 18.8. The van der Waals surface area contributed by atoms with Gasteiger partial charge >= 0.3 is 0 Å². The third-order valence-electron chi connectivity index (χ3n) is 7.18. The molecule has 0 unspecified atom stereocenters. The maximum Gasteiger partial charge on any atom is 0.240 e. The summed E-state index contributed by atoms with van der Waals surface area (Å²) in [6, 6.07) is 27.6. The van der Waals surface area contributed by atoms with Gasteiger partial charge in [-0.1, -0.05) is 84.9 Å². The number of fused-ring (bicyclic) bond motifs is 2. The maximum absolute atomic E-state index is 14.0. The summed E-state index contributed by atoms with van der Waals surface area (Å²) in [5.41, 5.74) is 23.8. The lowest BCUT2D eigenvalue weighted by Gasteiger charge is -2.33. The predicted octanol–water partition coefficient (Wildman–Crippen LogP) is 2.75. The second-order valence-electron chi connectivity index (χ2n) is 10.1. The van der Waals surface area contributed by atoms with Crippen molar-refractivity contribution in [2.45, 2.75) is 31.7 Å². The SMILES string of the molecule is NCC(Cc1ccc2ccccc2c1)(Cc1ccc2ccccc2c1)C(=O)N[C@@H](CCCN=C(N)N)C(N)=O. The number of rotatable bonds is 12. The molecule has 0 aliphatic carbocycles. The molecule has 0 radical (unpaired) electrons. The van der Waals surface area contributed by atoms with Crippen molar-refractivity contribution in [1.82, 2.24) is 5.32 Å². The first kappa shape index (κ1) is 27.6. The number of nitrogens with zero attached hydrogens (tertiary/aromatic N) is 1. The maximum atomic E-state index is 14.0. The third-order valence-corrected chi connectivity index (χ3v) is 7.18. The summed E-state index contributed by atoms with van der Waals surface area (Å²) in [5, 5.41) is 7.31. The molecule has 0 bridgehead atoms. The van der Waals surface area contributed by atoms with Crippen LogP contribution in [0.25, 0.3) is 21.5 Å². The molecule has 4 aromatic carbocycles. The van der Waals surface area contributed by atoms with Crippen LogP contribution in [0.15, 0.2) is 89.9 Å². The van der Waals surface area contributed by atoms with Crippen LogP contribution in [-0.4, -0.2) is 36.9 Å². The van der Waals surface area contributed by atoms with Crippen LogP contribution in [0, 0.1) is 5.41 Å². The molecule has 4 rings (SSSR count). The first-order valence-electron chi connectivity index (χ1n) is 13.1. The minimum atomic E-state index is -1.02. The lowest BCUT2D eigenvalue weighted by Crippen LogP contribution is -2.54. The summed E-state index contributed by atoms with van der Waals surface area (Å²) in [5.74, 6) is -0.949. The second-order valence-corrected chi connectivity index (χ2v) is 10.1. The molecule has 0 aromatic heterocycles. The molecular weight excluding hydrogens is 488 g/mol. The Bertz CT molecular complexity index is 1410. The van der Waals surface area contributed by atoms with Gasteiger partial charge in [0.25, 0.3) is 0 Å². The zero-order valence-corrected chi connectivity index (χ0v) is 22.0. The van der Waals surface area contributed by atoms with Crippen LogP contribution in [-0.2, 0) is 22.4 Å². The molecule has 0 saturated carbocycles. The number of nitrogens with one attached hydrogen (secondary N) is 1. The standard InChI is InChI=1S/C31H36N6O2/c32-20-31(18-21-11-13-23-6-1-3-8-25(23)16-21,19-22-12-14-24-7-2-4-9-26(24)17-22)29(39)37-27(28(33)38)10-5-15-36-30(34)35/h1-4,6-9,11-14,16-17,27H,5,10,15,18-20,32H2,(H2,33,38)(H,37,39)(H4,34,35,36)/t27-/m0/s1. The van der Waals surface area contributed by atoms with Gasteiger partial charge in [-0.15, -0.1) is 0 Å². The Morgan fingerprint density at radius 3 is 1.74 bits per heavy atom. The van der Waals surface area contributed by atoms with Gasteiger partial charge in [0.15, 0.2) is 5.96 Å². The minimum Gasteiger partial charge on any atom is -0.370 e. The van der Waals surface area contributed by atoms with E-state index in [1.54, 1.807) is 0 Å². The highest BCUT2D eigenvalue weighted by Crippen LogP contribution is 2.31. The van der Waals surface area contributed by atoms with E-state index in [1.807, 2.05) is 48.5 Å². The number of benzene rings is 4. The zero-order chi connectivity index (χ0) is 27.8. The number of hydrogen-bond donors (Lipinski definition) is 5. The molecular formula is C31H36N6O2. The Hall–Kier alpha value is -4.43. The molecule has 8 heteroatoms. The van der Waals surface area contributed by atoms with Crippen molar-refractivity contribution in [2.24, 2.45) is 33.3 Å². The van der Waals surface area contributed by atoms with Crippen molar-refractivity contribution in [2.75, 3.05) is 13.1 Å². The van der Waals surface area contributed by atoms with Crippen LogP contribution >= 0.6 is 0 Å². The molecule has 0 aliphatic rings. The van der Waals surface area contributed by atoms with Gasteiger partial charge in [-0.3, -0.25) is 14.6 Å². The van der Waals surface area contributed by atoms with Crippen LogP contribution in [0.2, 0.25) is 0 Å². The van der Waals surface area contributed by atoms with Crippen LogP contribution in [0.5, 0.6) is 0 Å². The number of hydrogen-bond acceptors (Lipinski definition) is 4. The van der Waals surface area contributed by atoms with Crippen molar-refractivity contribution >= 4 is 39.3 Å². The number of primary amides is 1. The third kappa shape index (κ3) is 6.91. The van der Waals surface area contributed by atoms with Gasteiger partial charge in [0.05, 0.1) is 5.41 Å². The highest BCUT2D eigenvalue weighted by atomic mass is 16.2. The van der Waals surface area contributed by atoms with Crippen molar-refractivity contribution in [3.63, 3.8) is 0 Å². The van der Waals surface area contributed by atoms with E-state index in [-0.39, 0.29) is 18.4 Å². The van der Waals surface area contributed by atoms with Gasteiger partial charge in [0, 0.05) is 13.1 Å². The molecule has 39 heavy (non-hydrogen) atoms. The Kier molecular flexibility index (Phi) is 8.78. The molecule has 4 aromatic rings. The van der Waals surface area contributed by atoms with Crippen LogP contribution in [0.3, 0.4) is 0 Å². The Morgan fingerprint density at radius 2 is 1.28 bits per heavy atom. The fourth-order valence-corrected chi connectivity index (χ4v) is 5.04. The monoisotopic (exact) mass is 524 g/mol. The number of amides is 2. The number of guanidine groups is 1. The Labute approximate surface area is 228 Å². The van der Waals surface area contributed by atoms with Gasteiger partial charge in [-0.2, -0.15) is 0 Å². The van der Waals surface area contributed by atoms with Gasteiger partial charge in [0.1, 0.15) is 6.04 Å². The van der Waals surface area contributed by atoms with E-state index in [4.69, 9.17) is 22.9 Å². The van der Waals surface area contributed by atoms with Crippen molar-refractivity contribution < 1.29 is 9.59 Å². The van der Waals surface area contributed by atoms with Crippen LogP contribution in [0.1, 0.15) is 24.0 Å². The number of aliphatic imine (C=N–C) groups is 1. The minimum absolute atomic E-state index is 0.0254. The molecule has 2 amide bonds. The van der Waals surface area contributed by atoms with E-state index in [1.165, 1.54) is 0 Å². The average Bonchev–Trinajstić information content (AvgIpc) is 2.93. The van der Waals surface area contributed by atoms with Crippen LogP contribution < -0.4 is 28.3 Å². The molecule has 0 fully saturated rings. The van der Waals surface area contributed by atoms with Crippen molar-refractivity contribution in [3.8, 4) is 0 Å². The molecule has 0 heterocycles. The summed E-state index contributed by atoms with van der Waals surface area (Å²) in [4.78, 5) is 30.2. The van der Waals surface area contributed by atoms with E-state index < -0.39 is 17.4 Å². The molecule has 202 valence electrons. The van der Waals surface area contributed by atoms with Crippen molar-refractivity contribution in [1.29, 1.82) is 0 Å². The van der Waals surface area contributed by atoms with E-state index in [0.717, 1.165) is 32.7 Å². The lowest BCUT2D eigenvalue weighted by molar-refractivity contribution is -0.134. The van der Waals surface area contributed by atoms with E-state index in [2.05, 4.69) is 46.7 Å². The molecule has 0 spiro atoms. The lowest BCUT2D eigenvalue weighted by atomic mass is 9.75.